The molecule has 4 fully saturated rings. The number of halogens is 1. The van der Waals surface area contributed by atoms with Crippen LogP contribution in [-0.4, -0.2) is 60.8 Å². The van der Waals surface area contributed by atoms with E-state index in [1.54, 1.807) is 0 Å². The first-order valence-electron chi connectivity index (χ1n) is 8.57. The van der Waals surface area contributed by atoms with Crippen molar-refractivity contribution in [1.29, 1.82) is 0 Å². The Morgan fingerprint density at radius 3 is 2.39 bits per heavy atom. The van der Waals surface area contributed by atoms with Gasteiger partial charge < -0.3 is 19.3 Å². The predicted octanol–water partition coefficient (Wildman–Crippen LogP) is 1.87. The van der Waals surface area contributed by atoms with Crippen LogP contribution in [0.2, 0.25) is 5.15 Å². The van der Waals surface area contributed by atoms with E-state index in [-0.39, 0.29) is 0 Å². The summed E-state index contributed by atoms with van der Waals surface area (Å²) in [7, 11) is 0. The molecule has 0 spiro atoms. The molecule has 0 saturated carbocycles. The van der Waals surface area contributed by atoms with Crippen LogP contribution >= 0.6 is 11.6 Å². The number of fused-ring (bicyclic) bond motifs is 4. The largest absolute Gasteiger partial charge is 0.377 e. The number of rotatable bonds is 2. The van der Waals surface area contributed by atoms with Crippen LogP contribution in [-0.2, 0) is 9.47 Å². The first kappa shape index (κ1) is 14.3. The van der Waals surface area contributed by atoms with Crippen LogP contribution in [0.15, 0.2) is 6.07 Å². The van der Waals surface area contributed by atoms with Gasteiger partial charge in [-0.3, -0.25) is 0 Å². The van der Waals surface area contributed by atoms with Crippen molar-refractivity contribution in [3.63, 3.8) is 0 Å². The molecule has 124 valence electrons. The van der Waals surface area contributed by atoms with Crippen molar-refractivity contribution >= 4 is 23.1 Å². The van der Waals surface area contributed by atoms with Gasteiger partial charge in [0.1, 0.15) is 0 Å². The molecule has 0 amide bonds. The van der Waals surface area contributed by atoms with Crippen LogP contribution < -0.4 is 9.80 Å². The average Bonchev–Trinajstić information content (AvgIpc) is 3.02. The van der Waals surface area contributed by atoms with Crippen LogP contribution in [0, 0.1) is 0 Å². The van der Waals surface area contributed by atoms with Gasteiger partial charge in [-0.15, -0.1) is 10.2 Å². The summed E-state index contributed by atoms with van der Waals surface area (Å²) in [5.74, 6) is 0.926. The maximum absolute atomic E-state index is 6.40. The molecule has 0 N–H and O–H groups in total. The van der Waals surface area contributed by atoms with Gasteiger partial charge in [0, 0.05) is 19.2 Å². The summed E-state index contributed by atoms with van der Waals surface area (Å²) in [6, 6.07) is 2.96. The molecular formula is C16H21ClN4O2. The van der Waals surface area contributed by atoms with Gasteiger partial charge in [0.15, 0.2) is 11.0 Å². The Hall–Kier alpha value is -1.11. The smallest absolute Gasteiger partial charge is 0.175 e. The summed E-state index contributed by atoms with van der Waals surface area (Å²) >= 11 is 6.40. The summed E-state index contributed by atoms with van der Waals surface area (Å²) in [6.07, 6.45) is 5.33. The molecule has 5 rings (SSSR count). The molecule has 5 heterocycles. The Morgan fingerprint density at radius 2 is 1.70 bits per heavy atom. The number of nitrogens with zero attached hydrogens (tertiary/aromatic N) is 4. The van der Waals surface area contributed by atoms with Gasteiger partial charge >= 0.3 is 0 Å². The fraction of sp³-hybridized carbons (Fsp3) is 0.750. The Labute approximate surface area is 140 Å². The summed E-state index contributed by atoms with van der Waals surface area (Å²) in [4.78, 5) is 4.72. The summed E-state index contributed by atoms with van der Waals surface area (Å²) in [6.45, 7) is 3.38. The lowest BCUT2D eigenvalue weighted by Gasteiger charge is -2.37. The van der Waals surface area contributed by atoms with E-state index in [0.29, 0.717) is 29.4 Å². The third kappa shape index (κ3) is 2.39. The molecule has 4 aliphatic heterocycles. The average molecular weight is 337 g/mol. The lowest BCUT2D eigenvalue weighted by Crippen LogP contribution is -2.46. The summed E-state index contributed by atoms with van der Waals surface area (Å²) < 4.78 is 11.6. The molecule has 0 aromatic carbocycles. The quantitative estimate of drug-likeness (QED) is 0.821. The van der Waals surface area contributed by atoms with E-state index >= 15 is 0 Å². The van der Waals surface area contributed by atoms with Crippen molar-refractivity contribution in [3.8, 4) is 0 Å². The molecule has 4 bridgehead atoms. The van der Waals surface area contributed by atoms with Gasteiger partial charge in [-0.05, 0) is 25.7 Å². The van der Waals surface area contributed by atoms with Crippen LogP contribution in [0.1, 0.15) is 25.7 Å². The van der Waals surface area contributed by atoms with Crippen LogP contribution in [0.3, 0.4) is 0 Å². The molecule has 7 heteroatoms. The van der Waals surface area contributed by atoms with Gasteiger partial charge in [-0.25, -0.2) is 0 Å². The van der Waals surface area contributed by atoms with Gasteiger partial charge in [-0.2, -0.15) is 0 Å². The van der Waals surface area contributed by atoms with E-state index in [1.807, 2.05) is 0 Å². The van der Waals surface area contributed by atoms with Gasteiger partial charge in [0.05, 0.1) is 43.2 Å². The normalized spacial score (nSPS) is 35.9. The van der Waals surface area contributed by atoms with Gasteiger partial charge in [-0.1, -0.05) is 11.6 Å². The number of anilines is 2. The first-order valence-corrected chi connectivity index (χ1v) is 8.95. The Bertz CT molecular complexity index is 588. The summed E-state index contributed by atoms with van der Waals surface area (Å²) in [5.41, 5.74) is 1.02. The first-order chi connectivity index (χ1) is 11.3. The molecule has 0 aliphatic carbocycles. The standard InChI is InChI=1S/C16H21ClN4O2/c17-16-14(21-10-1-2-11(21)9-22-8-10)5-15(18-19-16)20-6-12-3-4-13(7-20)23-12/h5,10-13H,1-4,6-9H2. The van der Waals surface area contributed by atoms with Crippen molar-refractivity contribution in [2.24, 2.45) is 0 Å². The fourth-order valence-corrected chi connectivity index (χ4v) is 4.71. The van der Waals surface area contributed by atoms with Crippen molar-refractivity contribution in [1.82, 2.24) is 10.2 Å². The topological polar surface area (TPSA) is 50.7 Å². The highest BCUT2D eigenvalue weighted by Crippen LogP contribution is 2.38. The Morgan fingerprint density at radius 1 is 1.00 bits per heavy atom. The van der Waals surface area contributed by atoms with Gasteiger partial charge in [0.2, 0.25) is 0 Å². The van der Waals surface area contributed by atoms with Crippen molar-refractivity contribution in [2.75, 3.05) is 36.1 Å². The minimum absolute atomic E-state index is 0.342. The molecule has 4 atom stereocenters. The highest BCUT2D eigenvalue weighted by molar-refractivity contribution is 6.32. The van der Waals surface area contributed by atoms with Crippen molar-refractivity contribution in [3.05, 3.63) is 11.2 Å². The molecule has 4 saturated heterocycles. The highest BCUT2D eigenvalue weighted by atomic mass is 35.5. The van der Waals surface area contributed by atoms with E-state index in [1.165, 1.54) is 12.8 Å². The molecule has 4 unspecified atom stereocenters. The minimum atomic E-state index is 0.342. The molecule has 0 radical (unpaired) electrons. The molecule has 1 aromatic rings. The number of aromatic nitrogens is 2. The number of morpholine rings is 2. The number of hydrogen-bond acceptors (Lipinski definition) is 6. The zero-order valence-corrected chi connectivity index (χ0v) is 13.8. The van der Waals surface area contributed by atoms with Crippen LogP contribution in [0.25, 0.3) is 0 Å². The summed E-state index contributed by atoms with van der Waals surface area (Å²) in [5, 5.41) is 9.11. The zero-order valence-electron chi connectivity index (χ0n) is 13.0. The second kappa shape index (κ2) is 5.46. The van der Waals surface area contributed by atoms with E-state index in [2.05, 4.69) is 26.1 Å². The Kier molecular flexibility index (Phi) is 3.39. The minimum Gasteiger partial charge on any atom is -0.377 e. The molecular weight excluding hydrogens is 316 g/mol. The maximum Gasteiger partial charge on any atom is 0.175 e. The van der Waals surface area contributed by atoms with E-state index in [9.17, 15) is 0 Å². The van der Waals surface area contributed by atoms with Crippen LogP contribution in [0.4, 0.5) is 11.5 Å². The fourth-order valence-electron chi connectivity index (χ4n) is 4.52. The van der Waals surface area contributed by atoms with E-state index in [0.717, 1.165) is 50.7 Å². The molecule has 4 aliphatic rings. The van der Waals surface area contributed by atoms with Crippen molar-refractivity contribution in [2.45, 2.75) is 50.0 Å². The van der Waals surface area contributed by atoms with E-state index in [4.69, 9.17) is 21.1 Å². The highest BCUT2D eigenvalue weighted by Gasteiger charge is 2.39. The van der Waals surface area contributed by atoms with Crippen LogP contribution in [0.5, 0.6) is 0 Å². The third-order valence-corrected chi connectivity index (χ3v) is 5.87. The second-order valence-electron chi connectivity index (χ2n) is 7.07. The van der Waals surface area contributed by atoms with Gasteiger partial charge in [0.25, 0.3) is 0 Å². The predicted molar refractivity (Wildman–Crippen MR) is 87.3 cm³/mol. The molecule has 6 nitrogen and oxygen atoms in total. The van der Waals surface area contributed by atoms with E-state index < -0.39 is 0 Å². The second-order valence-corrected chi connectivity index (χ2v) is 7.43. The lowest BCUT2D eigenvalue weighted by atomic mass is 10.2. The number of hydrogen-bond donors (Lipinski definition) is 0. The molecule has 1 aromatic heterocycles. The Balaban J connectivity index is 1.46. The lowest BCUT2D eigenvalue weighted by molar-refractivity contribution is 0.0302. The maximum atomic E-state index is 6.40. The SMILES string of the molecule is Clc1nnc(N2CC3CCC(C2)O3)cc1N1C2CCC1COC2. The zero-order chi connectivity index (χ0) is 15.4. The number of ether oxygens (including phenoxy) is 2. The monoisotopic (exact) mass is 336 g/mol. The molecule has 23 heavy (non-hydrogen) atoms. The van der Waals surface area contributed by atoms with Crippen molar-refractivity contribution < 1.29 is 9.47 Å². The third-order valence-electron chi connectivity index (χ3n) is 5.60.